The van der Waals surface area contributed by atoms with Gasteiger partial charge in [-0.3, -0.25) is 4.90 Å². The Morgan fingerprint density at radius 3 is 2.95 bits per heavy atom. The summed E-state index contributed by atoms with van der Waals surface area (Å²) in [6.07, 6.45) is 12.1. The lowest BCUT2D eigenvalue weighted by molar-refractivity contribution is -0.0406. The second-order valence-corrected chi connectivity index (χ2v) is 6.48. The van der Waals surface area contributed by atoms with Crippen molar-refractivity contribution in [3.05, 3.63) is 11.6 Å². The molecule has 3 heteroatoms. The van der Waals surface area contributed by atoms with Crippen molar-refractivity contribution in [2.45, 2.75) is 70.9 Å². The number of allylic oxidation sites excluding steroid dienone is 1. The molecule has 2 aliphatic rings. The van der Waals surface area contributed by atoms with Crippen molar-refractivity contribution < 1.29 is 4.74 Å². The summed E-state index contributed by atoms with van der Waals surface area (Å²) in [5.41, 5.74) is 1.61. The summed E-state index contributed by atoms with van der Waals surface area (Å²) in [7, 11) is 0. The standard InChI is InChI=1S/C18H34N2O/c1-3-12-20-13-14-21-17(15-20)18(19-4-2)16-10-8-6-5-7-9-11-16/h10,17-19H,3-9,11-15H2,1-2H3. The predicted molar refractivity (Wildman–Crippen MR) is 89.7 cm³/mol. The van der Waals surface area contributed by atoms with E-state index in [9.17, 15) is 0 Å². The molecule has 0 aromatic heterocycles. The van der Waals surface area contributed by atoms with Gasteiger partial charge in [-0.05, 0) is 45.2 Å². The molecule has 2 atom stereocenters. The minimum atomic E-state index is 0.330. The Hall–Kier alpha value is -0.380. The van der Waals surface area contributed by atoms with Crippen molar-refractivity contribution >= 4 is 0 Å². The molecule has 0 aromatic carbocycles. The van der Waals surface area contributed by atoms with Gasteiger partial charge in [0.05, 0.1) is 18.8 Å². The van der Waals surface area contributed by atoms with Crippen molar-refractivity contribution in [3.63, 3.8) is 0 Å². The third-order valence-electron chi connectivity index (χ3n) is 4.74. The number of ether oxygens (including phenoxy) is 1. The molecule has 1 aliphatic heterocycles. The second kappa shape index (κ2) is 9.60. The van der Waals surface area contributed by atoms with Gasteiger partial charge in [-0.2, -0.15) is 0 Å². The largest absolute Gasteiger partial charge is 0.374 e. The van der Waals surface area contributed by atoms with Crippen LogP contribution >= 0.6 is 0 Å². The maximum absolute atomic E-state index is 6.15. The molecule has 0 spiro atoms. The first-order valence-electron chi connectivity index (χ1n) is 9.11. The van der Waals surface area contributed by atoms with Gasteiger partial charge in [0, 0.05) is 13.1 Å². The maximum Gasteiger partial charge on any atom is 0.0893 e. The SMILES string of the molecule is CCCN1CCOC(C(NCC)C2=CCCCCCC2)C1. The summed E-state index contributed by atoms with van der Waals surface area (Å²) in [5, 5.41) is 3.71. The third-order valence-corrected chi connectivity index (χ3v) is 4.74. The van der Waals surface area contributed by atoms with E-state index < -0.39 is 0 Å². The molecule has 21 heavy (non-hydrogen) atoms. The average Bonchev–Trinajstić information content (AvgIpc) is 2.46. The highest BCUT2D eigenvalue weighted by atomic mass is 16.5. The Bertz CT molecular complexity index is 314. The molecule has 0 radical (unpaired) electrons. The predicted octanol–water partition coefficient (Wildman–Crippen LogP) is 3.36. The minimum Gasteiger partial charge on any atom is -0.374 e. The van der Waals surface area contributed by atoms with E-state index in [1.54, 1.807) is 5.57 Å². The van der Waals surface area contributed by atoms with Crippen LogP contribution in [0.4, 0.5) is 0 Å². The molecular weight excluding hydrogens is 260 g/mol. The van der Waals surface area contributed by atoms with E-state index in [4.69, 9.17) is 4.74 Å². The molecule has 0 bridgehead atoms. The average molecular weight is 294 g/mol. The van der Waals surface area contributed by atoms with Crippen LogP contribution in [0.25, 0.3) is 0 Å². The lowest BCUT2D eigenvalue weighted by Gasteiger charge is -2.38. The molecule has 2 unspecified atom stereocenters. The highest BCUT2D eigenvalue weighted by Crippen LogP contribution is 2.23. The van der Waals surface area contributed by atoms with Crippen LogP contribution in [-0.4, -0.2) is 49.8 Å². The molecule has 1 saturated heterocycles. The number of rotatable bonds is 6. The van der Waals surface area contributed by atoms with Crippen LogP contribution in [0.15, 0.2) is 11.6 Å². The zero-order valence-corrected chi connectivity index (χ0v) is 14.1. The molecule has 0 aromatic rings. The quantitative estimate of drug-likeness (QED) is 0.760. The van der Waals surface area contributed by atoms with Gasteiger partial charge in [-0.25, -0.2) is 0 Å². The van der Waals surface area contributed by atoms with Gasteiger partial charge in [-0.15, -0.1) is 0 Å². The first-order chi connectivity index (χ1) is 10.3. The van der Waals surface area contributed by atoms with Gasteiger partial charge in [0.1, 0.15) is 0 Å². The van der Waals surface area contributed by atoms with Crippen molar-refractivity contribution in [2.24, 2.45) is 0 Å². The van der Waals surface area contributed by atoms with Gasteiger partial charge in [-0.1, -0.05) is 38.3 Å². The van der Waals surface area contributed by atoms with Gasteiger partial charge in [0.15, 0.2) is 0 Å². The van der Waals surface area contributed by atoms with Crippen LogP contribution in [0.5, 0.6) is 0 Å². The van der Waals surface area contributed by atoms with Gasteiger partial charge >= 0.3 is 0 Å². The molecule has 1 N–H and O–H groups in total. The van der Waals surface area contributed by atoms with E-state index in [0.717, 1.165) is 26.2 Å². The van der Waals surface area contributed by atoms with E-state index in [1.165, 1.54) is 51.5 Å². The van der Waals surface area contributed by atoms with E-state index >= 15 is 0 Å². The van der Waals surface area contributed by atoms with Crippen LogP contribution in [0, 0.1) is 0 Å². The summed E-state index contributed by atoms with van der Waals surface area (Å²) in [6.45, 7) is 9.78. The Balaban J connectivity index is 2.02. The number of hydrogen-bond acceptors (Lipinski definition) is 3. The van der Waals surface area contributed by atoms with Gasteiger partial charge in [0.2, 0.25) is 0 Å². The van der Waals surface area contributed by atoms with E-state index in [1.807, 2.05) is 0 Å². The molecular formula is C18H34N2O. The third kappa shape index (κ3) is 5.39. The number of hydrogen-bond donors (Lipinski definition) is 1. The number of nitrogens with zero attached hydrogens (tertiary/aromatic N) is 1. The number of nitrogens with one attached hydrogen (secondary N) is 1. The first kappa shape index (κ1) is 17.0. The zero-order chi connectivity index (χ0) is 14.9. The topological polar surface area (TPSA) is 24.5 Å². The van der Waals surface area contributed by atoms with Crippen molar-refractivity contribution in [2.75, 3.05) is 32.8 Å². The smallest absolute Gasteiger partial charge is 0.0893 e. The Kier molecular flexibility index (Phi) is 7.76. The van der Waals surface area contributed by atoms with Crippen LogP contribution in [0.2, 0.25) is 0 Å². The van der Waals surface area contributed by atoms with Crippen molar-refractivity contribution in [3.8, 4) is 0 Å². The van der Waals surface area contributed by atoms with Crippen LogP contribution in [0.1, 0.15) is 58.8 Å². The van der Waals surface area contributed by atoms with E-state index in [0.29, 0.717) is 12.1 Å². The summed E-state index contributed by atoms with van der Waals surface area (Å²) < 4.78 is 6.15. The fourth-order valence-electron chi connectivity index (χ4n) is 3.67. The molecule has 0 saturated carbocycles. The second-order valence-electron chi connectivity index (χ2n) is 6.48. The maximum atomic E-state index is 6.15. The monoisotopic (exact) mass is 294 g/mol. The van der Waals surface area contributed by atoms with Crippen LogP contribution in [0.3, 0.4) is 0 Å². The minimum absolute atomic E-state index is 0.330. The first-order valence-corrected chi connectivity index (χ1v) is 9.11. The molecule has 2 rings (SSSR count). The fraction of sp³-hybridized carbons (Fsp3) is 0.889. The zero-order valence-electron chi connectivity index (χ0n) is 14.1. The fourth-order valence-corrected chi connectivity index (χ4v) is 3.67. The van der Waals surface area contributed by atoms with Crippen molar-refractivity contribution in [1.82, 2.24) is 10.2 Å². The molecule has 3 nitrogen and oxygen atoms in total. The molecule has 1 fully saturated rings. The molecule has 122 valence electrons. The van der Waals surface area contributed by atoms with Gasteiger partial charge in [0.25, 0.3) is 0 Å². The lowest BCUT2D eigenvalue weighted by atomic mass is 9.91. The Morgan fingerprint density at radius 2 is 2.14 bits per heavy atom. The highest BCUT2D eigenvalue weighted by molar-refractivity contribution is 5.15. The van der Waals surface area contributed by atoms with Crippen molar-refractivity contribution in [1.29, 1.82) is 0 Å². The molecule has 1 heterocycles. The highest BCUT2D eigenvalue weighted by Gasteiger charge is 2.29. The van der Waals surface area contributed by atoms with Gasteiger partial charge < -0.3 is 10.1 Å². The molecule has 1 aliphatic carbocycles. The normalized spacial score (nSPS) is 26.8. The summed E-state index contributed by atoms with van der Waals surface area (Å²) in [4.78, 5) is 2.57. The van der Waals surface area contributed by atoms with Crippen LogP contribution < -0.4 is 5.32 Å². The number of morpholine rings is 1. The summed E-state index contributed by atoms with van der Waals surface area (Å²) in [5.74, 6) is 0. The van der Waals surface area contributed by atoms with E-state index in [-0.39, 0.29) is 0 Å². The summed E-state index contributed by atoms with van der Waals surface area (Å²) in [6, 6.07) is 0.424. The van der Waals surface area contributed by atoms with Crippen LogP contribution in [-0.2, 0) is 4.74 Å². The Morgan fingerprint density at radius 1 is 1.29 bits per heavy atom. The van der Waals surface area contributed by atoms with E-state index in [2.05, 4.69) is 30.1 Å². The number of likely N-dealkylation sites (N-methyl/N-ethyl adjacent to an activating group) is 1. The lowest BCUT2D eigenvalue weighted by Crippen LogP contribution is -2.53. The Labute approximate surface area is 131 Å². The summed E-state index contributed by atoms with van der Waals surface area (Å²) >= 11 is 0. The molecule has 0 amide bonds.